The minimum Gasteiger partial charge on any atom is -0.480 e. The summed E-state index contributed by atoms with van der Waals surface area (Å²) in [5.41, 5.74) is 0.369. The molecule has 0 radical (unpaired) electrons. The summed E-state index contributed by atoms with van der Waals surface area (Å²) in [6.45, 7) is 3.62. The second-order valence-corrected chi connectivity index (χ2v) is 7.74. The first-order valence-electron chi connectivity index (χ1n) is 8.89. The van der Waals surface area contributed by atoms with Crippen molar-refractivity contribution in [2.75, 3.05) is 32.1 Å². The van der Waals surface area contributed by atoms with Crippen LogP contribution in [0.4, 0.5) is 5.69 Å². The maximum atomic E-state index is 12.6. The molecule has 0 aliphatic rings. The normalized spacial score (nSPS) is 11.2. The number of methoxy groups -OCH3 is 1. The maximum absolute atomic E-state index is 12.6. The number of esters is 1. The first kappa shape index (κ1) is 22.3. The van der Waals surface area contributed by atoms with E-state index in [4.69, 9.17) is 9.47 Å². The first-order chi connectivity index (χ1) is 13.8. The lowest BCUT2D eigenvalue weighted by Gasteiger charge is -2.18. The molecule has 0 aliphatic carbocycles. The number of anilines is 1. The van der Waals surface area contributed by atoms with Gasteiger partial charge in [0.05, 0.1) is 12.0 Å². The lowest BCUT2D eigenvalue weighted by molar-refractivity contribution is -0.119. The Morgan fingerprint density at radius 1 is 1.14 bits per heavy atom. The van der Waals surface area contributed by atoms with Gasteiger partial charge in [0.25, 0.3) is 5.91 Å². The summed E-state index contributed by atoms with van der Waals surface area (Å²) >= 11 is 0. The molecule has 1 aromatic heterocycles. The Hall–Kier alpha value is -2.98. The van der Waals surface area contributed by atoms with Gasteiger partial charge in [0, 0.05) is 25.0 Å². The fourth-order valence-corrected chi connectivity index (χ4v) is 4.07. The lowest BCUT2D eigenvalue weighted by Crippen LogP contribution is -2.30. The van der Waals surface area contributed by atoms with Gasteiger partial charge in [0.2, 0.25) is 15.9 Å². The van der Waals surface area contributed by atoms with Gasteiger partial charge in [-0.2, -0.15) is 4.31 Å². The second kappa shape index (κ2) is 9.99. The van der Waals surface area contributed by atoms with Crippen molar-refractivity contribution in [1.82, 2.24) is 9.29 Å². The van der Waals surface area contributed by atoms with Gasteiger partial charge in [-0.1, -0.05) is 19.9 Å². The summed E-state index contributed by atoms with van der Waals surface area (Å²) in [5.74, 6) is -1.28. The summed E-state index contributed by atoms with van der Waals surface area (Å²) in [6.07, 6.45) is 1.46. The predicted octanol–water partition coefficient (Wildman–Crippen LogP) is 1.92. The lowest BCUT2D eigenvalue weighted by atomic mass is 10.3. The molecule has 1 N–H and O–H groups in total. The van der Waals surface area contributed by atoms with Crippen LogP contribution in [0, 0.1) is 0 Å². The molecule has 0 saturated carbocycles. The second-order valence-electron chi connectivity index (χ2n) is 5.80. The maximum Gasteiger partial charge on any atom is 0.344 e. The van der Waals surface area contributed by atoms with Gasteiger partial charge in [-0.3, -0.25) is 4.79 Å². The quantitative estimate of drug-likeness (QED) is 0.615. The molecule has 0 unspecified atom stereocenters. The fourth-order valence-electron chi connectivity index (χ4n) is 2.56. The summed E-state index contributed by atoms with van der Waals surface area (Å²) in [5, 5.41) is 2.52. The molecule has 1 amide bonds. The molecule has 2 aromatic rings. The summed E-state index contributed by atoms with van der Waals surface area (Å²) in [7, 11) is -2.29. The first-order valence-corrected chi connectivity index (χ1v) is 10.3. The number of nitrogens with zero attached hydrogens (tertiary/aromatic N) is 2. The van der Waals surface area contributed by atoms with Crippen molar-refractivity contribution in [2.24, 2.45) is 0 Å². The van der Waals surface area contributed by atoms with E-state index >= 15 is 0 Å². The topological polar surface area (TPSA) is 115 Å². The molecule has 2 rings (SSSR count). The highest BCUT2D eigenvalue weighted by atomic mass is 32.2. The van der Waals surface area contributed by atoms with Gasteiger partial charge in [-0.25, -0.2) is 18.2 Å². The Morgan fingerprint density at radius 2 is 1.86 bits per heavy atom. The van der Waals surface area contributed by atoms with E-state index in [1.54, 1.807) is 26.0 Å². The zero-order chi connectivity index (χ0) is 21.4. The van der Waals surface area contributed by atoms with Crippen molar-refractivity contribution in [3.8, 4) is 5.88 Å². The van der Waals surface area contributed by atoms with E-state index in [1.807, 2.05) is 0 Å². The number of benzene rings is 1. The van der Waals surface area contributed by atoms with Crippen LogP contribution in [0.5, 0.6) is 5.88 Å². The third-order valence-electron chi connectivity index (χ3n) is 3.98. The number of sulfonamides is 1. The number of amides is 1. The molecule has 29 heavy (non-hydrogen) atoms. The standard InChI is InChI=1S/C19H23N3O6S/c1-4-22(5-2)29(25,26)15-9-6-8-14(12-15)21-17(23)13-28-19(24)16-10-7-11-20-18(16)27-3/h6-12H,4-5,13H2,1-3H3,(H,21,23). The van der Waals surface area contributed by atoms with Gasteiger partial charge in [-0.15, -0.1) is 0 Å². The molecule has 0 fully saturated rings. The van der Waals surface area contributed by atoms with E-state index < -0.39 is 28.5 Å². The number of rotatable bonds is 9. The van der Waals surface area contributed by atoms with E-state index in [1.165, 1.54) is 41.9 Å². The van der Waals surface area contributed by atoms with Crippen LogP contribution in [-0.2, 0) is 19.6 Å². The predicted molar refractivity (Wildman–Crippen MR) is 106 cm³/mol. The molecule has 0 saturated heterocycles. The molecule has 9 nitrogen and oxygen atoms in total. The average Bonchev–Trinajstić information content (AvgIpc) is 2.72. The van der Waals surface area contributed by atoms with Crippen LogP contribution in [0.3, 0.4) is 0 Å². The number of hydrogen-bond acceptors (Lipinski definition) is 7. The van der Waals surface area contributed by atoms with Crippen molar-refractivity contribution in [3.05, 3.63) is 48.2 Å². The van der Waals surface area contributed by atoms with Gasteiger partial charge in [0.15, 0.2) is 6.61 Å². The number of carbonyl (C=O) groups excluding carboxylic acids is 2. The molecular formula is C19H23N3O6S. The van der Waals surface area contributed by atoms with Crippen LogP contribution in [0.15, 0.2) is 47.5 Å². The third-order valence-corrected chi connectivity index (χ3v) is 6.03. The Morgan fingerprint density at radius 3 is 2.52 bits per heavy atom. The van der Waals surface area contributed by atoms with Crippen LogP contribution >= 0.6 is 0 Å². The molecule has 10 heteroatoms. The molecule has 0 bridgehead atoms. The Balaban J connectivity index is 2.04. The van der Waals surface area contributed by atoms with Gasteiger partial charge < -0.3 is 14.8 Å². The summed E-state index contributed by atoms with van der Waals surface area (Å²) in [4.78, 5) is 28.2. The van der Waals surface area contributed by atoms with Crippen molar-refractivity contribution in [3.63, 3.8) is 0 Å². The number of nitrogens with one attached hydrogen (secondary N) is 1. The molecular weight excluding hydrogens is 398 g/mol. The van der Waals surface area contributed by atoms with Gasteiger partial charge in [-0.05, 0) is 30.3 Å². The molecule has 1 heterocycles. The minimum atomic E-state index is -3.65. The van der Waals surface area contributed by atoms with E-state index in [0.29, 0.717) is 13.1 Å². The molecule has 1 aromatic carbocycles. The van der Waals surface area contributed by atoms with E-state index in [2.05, 4.69) is 10.3 Å². The summed E-state index contributed by atoms with van der Waals surface area (Å²) in [6, 6.07) is 8.90. The minimum absolute atomic E-state index is 0.0658. The number of hydrogen-bond donors (Lipinski definition) is 1. The van der Waals surface area contributed by atoms with Crippen LogP contribution in [0.2, 0.25) is 0 Å². The van der Waals surface area contributed by atoms with Crippen LogP contribution in [0.25, 0.3) is 0 Å². The average molecular weight is 421 g/mol. The third kappa shape index (κ3) is 5.52. The molecule has 0 atom stereocenters. The molecule has 0 spiro atoms. The zero-order valence-electron chi connectivity index (χ0n) is 16.4. The fraction of sp³-hybridized carbons (Fsp3) is 0.316. The van der Waals surface area contributed by atoms with Gasteiger partial charge >= 0.3 is 5.97 Å². The molecule has 156 valence electrons. The highest BCUT2D eigenvalue weighted by Crippen LogP contribution is 2.20. The van der Waals surface area contributed by atoms with E-state index in [-0.39, 0.29) is 22.0 Å². The SMILES string of the molecule is CCN(CC)S(=O)(=O)c1cccc(NC(=O)COC(=O)c2cccnc2OC)c1. The van der Waals surface area contributed by atoms with Crippen LogP contribution < -0.4 is 10.1 Å². The van der Waals surface area contributed by atoms with Crippen molar-refractivity contribution in [1.29, 1.82) is 0 Å². The van der Waals surface area contributed by atoms with Crippen molar-refractivity contribution < 1.29 is 27.5 Å². The summed E-state index contributed by atoms with van der Waals surface area (Å²) < 4.78 is 36.5. The van der Waals surface area contributed by atoms with E-state index in [0.717, 1.165) is 0 Å². The largest absolute Gasteiger partial charge is 0.480 e. The van der Waals surface area contributed by atoms with Crippen LogP contribution in [-0.4, -0.2) is 56.4 Å². The Labute approximate surface area is 169 Å². The highest BCUT2D eigenvalue weighted by Gasteiger charge is 2.22. The van der Waals surface area contributed by atoms with Crippen molar-refractivity contribution >= 4 is 27.6 Å². The zero-order valence-corrected chi connectivity index (χ0v) is 17.2. The Kier molecular flexibility index (Phi) is 7.68. The van der Waals surface area contributed by atoms with E-state index in [9.17, 15) is 18.0 Å². The van der Waals surface area contributed by atoms with Crippen molar-refractivity contribution in [2.45, 2.75) is 18.7 Å². The molecule has 0 aliphatic heterocycles. The van der Waals surface area contributed by atoms with Crippen LogP contribution in [0.1, 0.15) is 24.2 Å². The number of ether oxygens (including phenoxy) is 2. The number of pyridine rings is 1. The Bertz CT molecular complexity index is 973. The highest BCUT2D eigenvalue weighted by molar-refractivity contribution is 7.89. The van der Waals surface area contributed by atoms with Gasteiger partial charge in [0.1, 0.15) is 5.56 Å². The number of carbonyl (C=O) groups is 2. The monoisotopic (exact) mass is 421 g/mol. The smallest absolute Gasteiger partial charge is 0.344 e. The number of aromatic nitrogens is 1.